The first kappa shape index (κ1) is 11.4. The molecule has 0 heterocycles. The van der Waals surface area contributed by atoms with Crippen LogP contribution >= 0.6 is 0 Å². The summed E-state index contributed by atoms with van der Waals surface area (Å²) in [5.41, 5.74) is 3.83. The van der Waals surface area contributed by atoms with Gasteiger partial charge in [-0.15, -0.1) is 0 Å². The maximum atomic E-state index is 5.67. The Morgan fingerprint density at radius 1 is 1.38 bits per heavy atom. The summed E-state index contributed by atoms with van der Waals surface area (Å²) in [5, 5.41) is 0. The lowest BCUT2D eigenvalue weighted by Crippen LogP contribution is -2.31. The van der Waals surface area contributed by atoms with E-state index >= 15 is 0 Å². The average molecular weight is 222 g/mol. The number of hydrogen-bond donors (Lipinski definition) is 2. The van der Waals surface area contributed by atoms with Crippen molar-refractivity contribution in [3.05, 3.63) is 29.8 Å². The summed E-state index contributed by atoms with van der Waals surface area (Å²) in [5.74, 6) is 6.39. The van der Waals surface area contributed by atoms with Crippen molar-refractivity contribution in [1.29, 1.82) is 0 Å². The van der Waals surface area contributed by atoms with E-state index in [2.05, 4.69) is 5.43 Å². The fourth-order valence-corrected chi connectivity index (χ4v) is 1.56. The number of hydrazine groups is 1. The zero-order valence-electron chi connectivity index (χ0n) is 9.48. The third-order valence-corrected chi connectivity index (χ3v) is 2.64. The highest BCUT2D eigenvalue weighted by Crippen LogP contribution is 2.27. The van der Waals surface area contributed by atoms with Gasteiger partial charge >= 0.3 is 0 Å². The van der Waals surface area contributed by atoms with Gasteiger partial charge in [-0.3, -0.25) is 11.3 Å². The highest BCUT2D eigenvalue weighted by Gasteiger charge is 2.23. The molecule has 1 aliphatic rings. The minimum atomic E-state index is 0.0278. The lowest BCUT2D eigenvalue weighted by Gasteiger charge is -2.15. The van der Waals surface area contributed by atoms with Crippen LogP contribution < -0.4 is 16.0 Å². The minimum absolute atomic E-state index is 0.0278. The molecule has 1 saturated carbocycles. The number of methoxy groups -OCH3 is 1. The minimum Gasteiger partial charge on any atom is -0.490 e. The van der Waals surface area contributed by atoms with Crippen molar-refractivity contribution in [2.75, 3.05) is 13.7 Å². The van der Waals surface area contributed by atoms with Crippen LogP contribution in [0.15, 0.2) is 24.3 Å². The van der Waals surface area contributed by atoms with Gasteiger partial charge in [0.1, 0.15) is 5.75 Å². The summed E-state index contributed by atoms with van der Waals surface area (Å²) in [4.78, 5) is 0. The van der Waals surface area contributed by atoms with Crippen molar-refractivity contribution in [2.24, 2.45) is 5.84 Å². The summed E-state index contributed by atoms with van der Waals surface area (Å²) in [6, 6.07) is 8.02. The van der Waals surface area contributed by atoms with Gasteiger partial charge in [-0.2, -0.15) is 0 Å². The van der Waals surface area contributed by atoms with E-state index < -0.39 is 0 Å². The molecule has 1 aromatic carbocycles. The standard InChI is InChI=1S/C12H18N2O2/c1-15-8-12(14-13)9-2-4-10(5-3-9)16-11-6-7-11/h2-5,11-12,14H,6-8,13H2,1H3. The number of nitrogens with one attached hydrogen (secondary N) is 1. The van der Waals surface area contributed by atoms with Gasteiger partial charge in [0, 0.05) is 7.11 Å². The SMILES string of the molecule is COCC(NN)c1ccc(OC2CC2)cc1. The number of nitrogens with two attached hydrogens (primary N) is 1. The van der Waals surface area contributed by atoms with Gasteiger partial charge in [0.15, 0.2) is 0 Å². The molecule has 1 aromatic rings. The maximum absolute atomic E-state index is 5.67. The van der Waals surface area contributed by atoms with Gasteiger partial charge < -0.3 is 9.47 Å². The second-order valence-corrected chi connectivity index (χ2v) is 4.06. The van der Waals surface area contributed by atoms with Crippen LogP contribution in [-0.2, 0) is 4.74 Å². The molecular weight excluding hydrogens is 204 g/mol. The maximum Gasteiger partial charge on any atom is 0.119 e. The lowest BCUT2D eigenvalue weighted by molar-refractivity contribution is 0.167. The van der Waals surface area contributed by atoms with E-state index in [1.165, 1.54) is 12.8 Å². The molecule has 0 aliphatic heterocycles. The zero-order valence-corrected chi connectivity index (χ0v) is 9.48. The van der Waals surface area contributed by atoms with Crippen LogP contribution in [0.4, 0.5) is 0 Å². The Kier molecular flexibility index (Phi) is 3.77. The number of ether oxygens (including phenoxy) is 2. The smallest absolute Gasteiger partial charge is 0.119 e. The first-order valence-corrected chi connectivity index (χ1v) is 5.55. The fourth-order valence-electron chi connectivity index (χ4n) is 1.56. The predicted octanol–water partition coefficient (Wildman–Crippen LogP) is 1.38. The van der Waals surface area contributed by atoms with E-state index in [1.54, 1.807) is 7.11 Å². The molecule has 0 saturated heterocycles. The monoisotopic (exact) mass is 222 g/mol. The Hall–Kier alpha value is -1.10. The van der Waals surface area contributed by atoms with Gasteiger partial charge in [0.2, 0.25) is 0 Å². The summed E-state index contributed by atoms with van der Waals surface area (Å²) < 4.78 is 10.8. The average Bonchev–Trinajstić information content (AvgIpc) is 3.11. The summed E-state index contributed by atoms with van der Waals surface area (Å²) >= 11 is 0. The Balaban J connectivity index is 1.98. The predicted molar refractivity (Wildman–Crippen MR) is 62.0 cm³/mol. The molecule has 1 fully saturated rings. The molecule has 0 radical (unpaired) electrons. The summed E-state index contributed by atoms with van der Waals surface area (Å²) in [6.07, 6.45) is 2.80. The molecule has 0 amide bonds. The highest BCUT2D eigenvalue weighted by atomic mass is 16.5. The Bertz CT molecular complexity index is 322. The van der Waals surface area contributed by atoms with Gasteiger partial charge in [-0.25, -0.2) is 0 Å². The molecule has 1 atom stereocenters. The van der Waals surface area contributed by atoms with Crippen molar-refractivity contribution in [3.8, 4) is 5.75 Å². The van der Waals surface area contributed by atoms with Crippen molar-refractivity contribution in [1.82, 2.24) is 5.43 Å². The molecule has 2 rings (SSSR count). The first-order chi connectivity index (χ1) is 7.83. The third kappa shape index (κ3) is 2.95. The van der Waals surface area contributed by atoms with Crippen LogP contribution in [0, 0.1) is 0 Å². The molecule has 0 spiro atoms. The molecule has 88 valence electrons. The molecule has 4 nitrogen and oxygen atoms in total. The second-order valence-electron chi connectivity index (χ2n) is 4.06. The van der Waals surface area contributed by atoms with Gasteiger partial charge in [0.05, 0.1) is 18.8 Å². The van der Waals surface area contributed by atoms with Crippen LogP contribution in [0.25, 0.3) is 0 Å². The second kappa shape index (κ2) is 5.30. The van der Waals surface area contributed by atoms with E-state index in [1.807, 2.05) is 24.3 Å². The molecular formula is C12H18N2O2. The quantitative estimate of drug-likeness (QED) is 0.564. The van der Waals surface area contributed by atoms with E-state index in [-0.39, 0.29) is 6.04 Å². The van der Waals surface area contributed by atoms with Crippen LogP contribution in [0.1, 0.15) is 24.4 Å². The summed E-state index contributed by atoms with van der Waals surface area (Å²) in [6.45, 7) is 0.555. The lowest BCUT2D eigenvalue weighted by atomic mass is 10.1. The van der Waals surface area contributed by atoms with Crippen LogP contribution in [0.5, 0.6) is 5.75 Å². The van der Waals surface area contributed by atoms with Gasteiger partial charge in [-0.05, 0) is 30.5 Å². The van der Waals surface area contributed by atoms with Crippen molar-refractivity contribution in [3.63, 3.8) is 0 Å². The Morgan fingerprint density at radius 3 is 2.56 bits per heavy atom. The number of rotatable bonds is 6. The number of benzene rings is 1. The van der Waals surface area contributed by atoms with Gasteiger partial charge in [0.25, 0.3) is 0 Å². The number of hydrogen-bond acceptors (Lipinski definition) is 4. The Morgan fingerprint density at radius 2 is 2.06 bits per heavy atom. The van der Waals surface area contributed by atoms with E-state index in [0.717, 1.165) is 11.3 Å². The first-order valence-electron chi connectivity index (χ1n) is 5.55. The van der Waals surface area contributed by atoms with E-state index in [9.17, 15) is 0 Å². The molecule has 1 aliphatic carbocycles. The normalized spacial score (nSPS) is 17.1. The van der Waals surface area contributed by atoms with Crippen molar-refractivity contribution >= 4 is 0 Å². The highest BCUT2D eigenvalue weighted by molar-refractivity contribution is 5.29. The van der Waals surface area contributed by atoms with Gasteiger partial charge in [-0.1, -0.05) is 12.1 Å². The largest absolute Gasteiger partial charge is 0.490 e. The molecule has 1 unspecified atom stereocenters. The molecule has 3 N–H and O–H groups in total. The van der Waals surface area contributed by atoms with Crippen molar-refractivity contribution in [2.45, 2.75) is 25.0 Å². The van der Waals surface area contributed by atoms with Crippen molar-refractivity contribution < 1.29 is 9.47 Å². The Labute approximate surface area is 95.7 Å². The molecule has 0 bridgehead atoms. The van der Waals surface area contributed by atoms with Crippen LogP contribution in [-0.4, -0.2) is 19.8 Å². The fraction of sp³-hybridized carbons (Fsp3) is 0.500. The third-order valence-electron chi connectivity index (χ3n) is 2.64. The van der Waals surface area contributed by atoms with E-state index in [4.69, 9.17) is 15.3 Å². The topological polar surface area (TPSA) is 56.5 Å². The van der Waals surface area contributed by atoms with Crippen LogP contribution in [0.2, 0.25) is 0 Å². The molecule has 4 heteroatoms. The summed E-state index contributed by atoms with van der Waals surface area (Å²) in [7, 11) is 1.66. The molecule has 16 heavy (non-hydrogen) atoms. The van der Waals surface area contributed by atoms with Crippen LogP contribution in [0.3, 0.4) is 0 Å². The van der Waals surface area contributed by atoms with E-state index in [0.29, 0.717) is 12.7 Å². The zero-order chi connectivity index (χ0) is 11.4. The molecule has 0 aromatic heterocycles.